The van der Waals surface area contributed by atoms with Crippen LogP contribution < -0.4 is 10.6 Å². The van der Waals surface area contributed by atoms with Crippen LogP contribution in [0.2, 0.25) is 0 Å². The summed E-state index contributed by atoms with van der Waals surface area (Å²) in [7, 11) is 0. The number of anilines is 2. The van der Waals surface area contributed by atoms with Gasteiger partial charge < -0.3 is 10.6 Å². The van der Waals surface area contributed by atoms with E-state index in [0.717, 1.165) is 38.2 Å². The number of hydrogen-bond acceptors (Lipinski definition) is 2. The number of urea groups is 1. The zero-order chi connectivity index (χ0) is 13.8. The summed E-state index contributed by atoms with van der Waals surface area (Å²) in [6, 6.07) is 7.65. The zero-order valence-electron chi connectivity index (χ0n) is 11.8. The summed E-state index contributed by atoms with van der Waals surface area (Å²) in [4.78, 5) is 16.2. The Hall–Kier alpha value is -1.71. The number of para-hydroxylation sites is 2. The first-order valence-electron chi connectivity index (χ1n) is 7.08. The Morgan fingerprint density at radius 2 is 1.89 bits per heavy atom. The van der Waals surface area contributed by atoms with E-state index in [2.05, 4.69) is 13.8 Å². The van der Waals surface area contributed by atoms with Gasteiger partial charge in [-0.15, -0.1) is 0 Å². The second kappa shape index (κ2) is 5.95. The van der Waals surface area contributed by atoms with Gasteiger partial charge in [0.15, 0.2) is 0 Å². The normalized spacial score (nSPS) is 15.6. The highest BCUT2D eigenvalue weighted by atomic mass is 16.2. The predicted molar refractivity (Wildman–Crippen MR) is 79.2 cm³/mol. The van der Waals surface area contributed by atoms with E-state index in [-0.39, 0.29) is 6.03 Å². The third kappa shape index (κ3) is 2.83. The lowest BCUT2D eigenvalue weighted by atomic mass is 10.0. The minimum Gasteiger partial charge on any atom is -0.397 e. The van der Waals surface area contributed by atoms with E-state index in [9.17, 15) is 4.79 Å². The highest BCUT2D eigenvalue weighted by molar-refractivity contribution is 5.97. The Morgan fingerprint density at radius 1 is 1.21 bits per heavy atom. The molecule has 0 radical (unpaired) electrons. The highest BCUT2D eigenvalue weighted by Gasteiger charge is 2.31. The van der Waals surface area contributed by atoms with Crippen molar-refractivity contribution in [1.29, 1.82) is 0 Å². The van der Waals surface area contributed by atoms with Crippen molar-refractivity contribution in [3.05, 3.63) is 24.3 Å². The fourth-order valence-corrected chi connectivity index (χ4v) is 2.57. The van der Waals surface area contributed by atoms with E-state index in [1.54, 1.807) is 4.90 Å². The molecule has 0 saturated carbocycles. The Balaban J connectivity index is 2.08. The minimum absolute atomic E-state index is 0.0878. The standard InChI is InChI=1S/C15H23N3O/c1-3-12(4-2)11-17-9-10-18(15(17)19)14-8-6-5-7-13(14)16/h5-8,12H,3-4,9-11,16H2,1-2H3. The van der Waals surface area contributed by atoms with Gasteiger partial charge in [0, 0.05) is 19.6 Å². The number of hydrogen-bond donors (Lipinski definition) is 1. The molecule has 0 bridgehead atoms. The van der Waals surface area contributed by atoms with Gasteiger partial charge in [0.2, 0.25) is 0 Å². The van der Waals surface area contributed by atoms with Gasteiger partial charge in [0.05, 0.1) is 11.4 Å². The summed E-state index contributed by atoms with van der Waals surface area (Å²) >= 11 is 0. The average molecular weight is 261 g/mol. The fraction of sp³-hybridized carbons (Fsp3) is 0.533. The summed E-state index contributed by atoms with van der Waals surface area (Å²) in [6.07, 6.45) is 2.24. The van der Waals surface area contributed by atoms with Gasteiger partial charge in [-0.3, -0.25) is 4.90 Å². The molecule has 0 unspecified atom stereocenters. The third-order valence-electron chi connectivity index (χ3n) is 3.96. The summed E-state index contributed by atoms with van der Waals surface area (Å²) < 4.78 is 0. The Bertz CT molecular complexity index is 443. The molecule has 1 heterocycles. The summed E-state index contributed by atoms with van der Waals surface area (Å²) in [5.41, 5.74) is 7.45. The Kier molecular flexibility index (Phi) is 4.30. The first-order valence-corrected chi connectivity index (χ1v) is 7.08. The number of nitrogens with two attached hydrogens (primary N) is 1. The number of carbonyl (C=O) groups is 1. The van der Waals surface area contributed by atoms with E-state index in [4.69, 9.17) is 5.73 Å². The van der Waals surface area contributed by atoms with Crippen molar-refractivity contribution in [2.75, 3.05) is 30.3 Å². The van der Waals surface area contributed by atoms with Gasteiger partial charge in [-0.05, 0) is 18.1 Å². The second-order valence-corrected chi connectivity index (χ2v) is 5.12. The number of rotatable bonds is 5. The van der Waals surface area contributed by atoms with E-state index >= 15 is 0 Å². The molecule has 2 N–H and O–H groups in total. The molecule has 4 heteroatoms. The predicted octanol–water partition coefficient (Wildman–Crippen LogP) is 2.95. The van der Waals surface area contributed by atoms with Gasteiger partial charge in [-0.2, -0.15) is 0 Å². The monoisotopic (exact) mass is 261 g/mol. The van der Waals surface area contributed by atoms with Crippen LogP contribution in [-0.4, -0.2) is 30.6 Å². The molecule has 1 aromatic carbocycles. The maximum atomic E-state index is 12.4. The molecule has 19 heavy (non-hydrogen) atoms. The smallest absolute Gasteiger partial charge is 0.324 e. The Labute approximate surface area is 115 Å². The third-order valence-corrected chi connectivity index (χ3v) is 3.96. The van der Waals surface area contributed by atoms with E-state index in [1.165, 1.54) is 0 Å². The van der Waals surface area contributed by atoms with E-state index < -0.39 is 0 Å². The number of benzene rings is 1. The summed E-state index contributed by atoms with van der Waals surface area (Å²) in [5.74, 6) is 0.594. The molecular formula is C15H23N3O. The lowest BCUT2D eigenvalue weighted by molar-refractivity contribution is 0.210. The molecule has 4 nitrogen and oxygen atoms in total. The molecule has 1 aromatic rings. The number of nitrogen functional groups attached to an aromatic ring is 1. The molecule has 0 aliphatic carbocycles. The molecule has 0 aromatic heterocycles. The van der Waals surface area contributed by atoms with Crippen molar-refractivity contribution in [2.24, 2.45) is 5.92 Å². The Morgan fingerprint density at radius 3 is 2.53 bits per heavy atom. The van der Waals surface area contributed by atoms with Crippen LogP contribution in [-0.2, 0) is 0 Å². The fourth-order valence-electron chi connectivity index (χ4n) is 2.57. The maximum Gasteiger partial charge on any atom is 0.324 e. The number of nitrogens with zero attached hydrogens (tertiary/aromatic N) is 2. The van der Waals surface area contributed by atoms with Gasteiger partial charge in [-0.25, -0.2) is 4.79 Å². The number of carbonyl (C=O) groups excluding carboxylic acids is 1. The van der Waals surface area contributed by atoms with Crippen molar-refractivity contribution in [3.63, 3.8) is 0 Å². The van der Waals surface area contributed by atoms with E-state index in [0.29, 0.717) is 11.6 Å². The van der Waals surface area contributed by atoms with Crippen molar-refractivity contribution in [2.45, 2.75) is 26.7 Å². The van der Waals surface area contributed by atoms with Crippen LogP contribution in [0.4, 0.5) is 16.2 Å². The van der Waals surface area contributed by atoms with Gasteiger partial charge >= 0.3 is 6.03 Å². The molecular weight excluding hydrogens is 238 g/mol. The largest absolute Gasteiger partial charge is 0.397 e. The van der Waals surface area contributed by atoms with Crippen LogP contribution in [0.15, 0.2) is 24.3 Å². The van der Waals surface area contributed by atoms with Crippen LogP contribution in [0, 0.1) is 5.92 Å². The SMILES string of the molecule is CCC(CC)CN1CCN(c2ccccc2N)C1=O. The van der Waals surface area contributed by atoms with Crippen LogP contribution in [0.3, 0.4) is 0 Å². The van der Waals surface area contributed by atoms with Gasteiger partial charge in [-0.1, -0.05) is 38.8 Å². The van der Waals surface area contributed by atoms with Gasteiger partial charge in [0.1, 0.15) is 0 Å². The molecule has 2 amide bonds. The first kappa shape index (κ1) is 13.7. The molecule has 1 fully saturated rings. The molecule has 1 aliphatic rings. The highest BCUT2D eigenvalue weighted by Crippen LogP contribution is 2.27. The summed E-state index contributed by atoms with van der Waals surface area (Å²) in [5, 5.41) is 0. The zero-order valence-corrected chi connectivity index (χ0v) is 11.8. The van der Waals surface area contributed by atoms with E-state index in [1.807, 2.05) is 29.2 Å². The summed E-state index contributed by atoms with van der Waals surface area (Å²) in [6.45, 7) is 6.75. The quantitative estimate of drug-likeness (QED) is 0.828. The molecule has 1 saturated heterocycles. The lowest BCUT2D eigenvalue weighted by Crippen LogP contribution is -2.35. The van der Waals surface area contributed by atoms with Gasteiger partial charge in [0.25, 0.3) is 0 Å². The molecule has 0 spiro atoms. The lowest BCUT2D eigenvalue weighted by Gasteiger charge is -2.23. The average Bonchev–Trinajstić information content (AvgIpc) is 2.78. The number of amides is 2. The van der Waals surface area contributed by atoms with Crippen molar-refractivity contribution >= 4 is 17.4 Å². The van der Waals surface area contributed by atoms with Crippen LogP contribution in [0.5, 0.6) is 0 Å². The van der Waals surface area contributed by atoms with Crippen molar-refractivity contribution in [3.8, 4) is 0 Å². The first-order chi connectivity index (χ1) is 9.17. The molecule has 1 aliphatic heterocycles. The van der Waals surface area contributed by atoms with Crippen LogP contribution >= 0.6 is 0 Å². The maximum absolute atomic E-state index is 12.4. The minimum atomic E-state index is 0.0878. The van der Waals surface area contributed by atoms with Crippen LogP contribution in [0.1, 0.15) is 26.7 Å². The van der Waals surface area contributed by atoms with Crippen molar-refractivity contribution < 1.29 is 4.79 Å². The second-order valence-electron chi connectivity index (χ2n) is 5.12. The van der Waals surface area contributed by atoms with Crippen LogP contribution in [0.25, 0.3) is 0 Å². The molecule has 0 atom stereocenters. The molecule has 2 rings (SSSR count). The molecule has 104 valence electrons. The topological polar surface area (TPSA) is 49.6 Å². The van der Waals surface area contributed by atoms with Crippen molar-refractivity contribution in [1.82, 2.24) is 4.90 Å².